The largest absolute Gasteiger partial charge is 0.392 e. The summed E-state index contributed by atoms with van der Waals surface area (Å²) in [4.78, 5) is 1.38. The lowest BCUT2D eigenvalue weighted by molar-refractivity contribution is 0.0965. The molecule has 2 aliphatic rings. The van der Waals surface area contributed by atoms with Gasteiger partial charge in [-0.2, -0.15) is 0 Å². The van der Waals surface area contributed by atoms with Gasteiger partial charge < -0.3 is 5.11 Å². The van der Waals surface area contributed by atoms with Crippen LogP contribution in [0.1, 0.15) is 44.1 Å². The Hall–Kier alpha value is -0.470. The van der Waals surface area contributed by atoms with Gasteiger partial charge in [0.25, 0.3) is 0 Å². The van der Waals surface area contributed by atoms with E-state index >= 15 is 0 Å². The lowest BCUT2D eigenvalue weighted by Gasteiger charge is -2.25. The van der Waals surface area contributed by atoms with Crippen LogP contribution in [0, 0.1) is 5.92 Å². The molecule has 18 heavy (non-hydrogen) atoms. The quantitative estimate of drug-likeness (QED) is 0.812. The van der Waals surface area contributed by atoms with Gasteiger partial charge in [0.15, 0.2) is 0 Å². The van der Waals surface area contributed by atoms with Crippen LogP contribution in [0.25, 0.3) is 0 Å². The number of thioether (sulfide) groups is 1. The molecule has 0 amide bonds. The second-order valence-electron chi connectivity index (χ2n) is 5.71. The molecule has 1 aliphatic heterocycles. The van der Waals surface area contributed by atoms with Gasteiger partial charge in [-0.15, -0.1) is 11.8 Å². The Labute approximate surface area is 114 Å². The van der Waals surface area contributed by atoms with Gasteiger partial charge in [-0.1, -0.05) is 43.9 Å². The van der Waals surface area contributed by atoms with Crippen LogP contribution < -0.4 is 0 Å². The number of fused-ring (bicyclic) bond motifs is 1. The van der Waals surface area contributed by atoms with E-state index in [9.17, 15) is 5.11 Å². The molecule has 1 N–H and O–H groups in total. The van der Waals surface area contributed by atoms with Crippen molar-refractivity contribution in [2.24, 2.45) is 5.92 Å². The van der Waals surface area contributed by atoms with Gasteiger partial charge in [0, 0.05) is 10.1 Å². The third-order valence-electron chi connectivity index (χ3n) is 4.44. The predicted molar refractivity (Wildman–Crippen MR) is 77.0 cm³/mol. The smallest absolute Gasteiger partial charge is 0.0693 e. The Kier molecular flexibility index (Phi) is 3.95. The Morgan fingerprint density at radius 2 is 1.78 bits per heavy atom. The molecule has 3 rings (SSSR count). The van der Waals surface area contributed by atoms with Crippen molar-refractivity contribution < 1.29 is 5.11 Å². The van der Waals surface area contributed by atoms with Crippen LogP contribution in [0.3, 0.4) is 0 Å². The molecule has 98 valence electrons. The van der Waals surface area contributed by atoms with Gasteiger partial charge in [-0.3, -0.25) is 0 Å². The van der Waals surface area contributed by atoms with Crippen molar-refractivity contribution in [3.63, 3.8) is 0 Å². The highest BCUT2D eigenvalue weighted by molar-refractivity contribution is 8.00. The Balaban J connectivity index is 1.66. The third-order valence-corrected chi connectivity index (χ3v) is 5.84. The fourth-order valence-corrected chi connectivity index (χ4v) is 4.77. The van der Waals surface area contributed by atoms with Crippen LogP contribution in [0.5, 0.6) is 0 Å². The van der Waals surface area contributed by atoms with Crippen molar-refractivity contribution in [3.8, 4) is 0 Å². The van der Waals surface area contributed by atoms with Gasteiger partial charge in [-0.25, -0.2) is 0 Å². The minimum Gasteiger partial charge on any atom is -0.392 e. The second-order valence-corrected chi connectivity index (χ2v) is 6.99. The minimum absolute atomic E-state index is 0.111. The van der Waals surface area contributed by atoms with Gasteiger partial charge >= 0.3 is 0 Å². The number of benzene rings is 1. The first-order chi connectivity index (χ1) is 8.84. The van der Waals surface area contributed by atoms with Crippen LogP contribution in [-0.4, -0.2) is 16.5 Å². The zero-order chi connectivity index (χ0) is 12.4. The van der Waals surface area contributed by atoms with Crippen LogP contribution in [0.2, 0.25) is 0 Å². The topological polar surface area (TPSA) is 20.2 Å². The summed E-state index contributed by atoms with van der Waals surface area (Å²) in [6.45, 7) is 0. The summed E-state index contributed by atoms with van der Waals surface area (Å²) >= 11 is 1.89. The summed E-state index contributed by atoms with van der Waals surface area (Å²) in [5, 5.41) is 11.0. The van der Waals surface area contributed by atoms with Crippen molar-refractivity contribution in [2.45, 2.75) is 61.2 Å². The summed E-state index contributed by atoms with van der Waals surface area (Å²) in [7, 11) is 0. The Morgan fingerprint density at radius 3 is 2.50 bits per heavy atom. The zero-order valence-electron chi connectivity index (χ0n) is 10.8. The van der Waals surface area contributed by atoms with E-state index in [0.717, 1.165) is 6.42 Å². The molecule has 0 saturated heterocycles. The van der Waals surface area contributed by atoms with Gasteiger partial charge in [-0.05, 0) is 36.8 Å². The van der Waals surface area contributed by atoms with Crippen LogP contribution in [0.15, 0.2) is 29.2 Å². The van der Waals surface area contributed by atoms with Crippen molar-refractivity contribution in [3.05, 3.63) is 29.8 Å². The average molecular weight is 262 g/mol. The highest BCUT2D eigenvalue weighted by Gasteiger charge is 2.33. The molecule has 0 radical (unpaired) electrons. The van der Waals surface area contributed by atoms with Crippen LogP contribution in [0.4, 0.5) is 0 Å². The average Bonchev–Trinajstić information content (AvgIpc) is 2.64. The normalized spacial score (nSPS) is 26.6. The lowest BCUT2D eigenvalue weighted by atomic mass is 9.90. The van der Waals surface area contributed by atoms with Crippen molar-refractivity contribution in [1.29, 1.82) is 0 Å². The Bertz CT molecular complexity index is 371. The maximum absolute atomic E-state index is 10.7. The monoisotopic (exact) mass is 262 g/mol. The maximum atomic E-state index is 10.7. The number of hydrogen-bond acceptors (Lipinski definition) is 2. The summed E-state index contributed by atoms with van der Waals surface area (Å²) < 4.78 is 0. The highest BCUT2D eigenvalue weighted by Crippen LogP contribution is 2.41. The molecule has 1 aliphatic carbocycles. The molecule has 2 unspecified atom stereocenters. The second kappa shape index (κ2) is 5.66. The number of aliphatic hydroxyl groups excluding tert-OH is 1. The molecular formula is C16H22OS. The van der Waals surface area contributed by atoms with E-state index in [2.05, 4.69) is 24.3 Å². The van der Waals surface area contributed by atoms with Crippen LogP contribution in [-0.2, 0) is 6.42 Å². The molecule has 1 saturated carbocycles. The molecule has 2 atom stereocenters. The molecule has 1 fully saturated rings. The lowest BCUT2D eigenvalue weighted by Crippen LogP contribution is -2.31. The molecule has 2 heteroatoms. The van der Waals surface area contributed by atoms with Gasteiger partial charge in [0.1, 0.15) is 0 Å². The number of rotatable bonds is 2. The van der Waals surface area contributed by atoms with E-state index in [-0.39, 0.29) is 6.10 Å². The van der Waals surface area contributed by atoms with Crippen molar-refractivity contribution in [2.75, 3.05) is 0 Å². The predicted octanol–water partition coefficient (Wildman–Crippen LogP) is 4.03. The molecule has 1 aromatic carbocycles. The van der Waals surface area contributed by atoms with Crippen molar-refractivity contribution >= 4 is 11.8 Å². The first-order valence-corrected chi connectivity index (χ1v) is 8.15. The summed E-state index contributed by atoms with van der Waals surface area (Å²) in [5.41, 5.74) is 1.43. The Morgan fingerprint density at radius 1 is 1.06 bits per heavy atom. The summed E-state index contributed by atoms with van der Waals surface area (Å²) in [5.74, 6) is 0.541. The molecule has 0 bridgehead atoms. The number of aliphatic hydroxyl groups is 1. The van der Waals surface area contributed by atoms with Crippen molar-refractivity contribution in [1.82, 2.24) is 0 Å². The summed E-state index contributed by atoms with van der Waals surface area (Å²) in [6.07, 6.45) is 8.75. The molecule has 0 aromatic heterocycles. The molecule has 1 heterocycles. The molecular weight excluding hydrogens is 240 g/mol. The first kappa shape index (κ1) is 12.6. The molecule has 1 aromatic rings. The maximum Gasteiger partial charge on any atom is 0.0693 e. The first-order valence-electron chi connectivity index (χ1n) is 7.27. The highest BCUT2D eigenvalue weighted by atomic mass is 32.2. The van der Waals surface area contributed by atoms with E-state index < -0.39 is 0 Å². The van der Waals surface area contributed by atoms with E-state index in [4.69, 9.17) is 0 Å². The van der Waals surface area contributed by atoms with E-state index in [1.165, 1.54) is 49.0 Å². The van der Waals surface area contributed by atoms with E-state index in [1.54, 1.807) is 0 Å². The van der Waals surface area contributed by atoms with Gasteiger partial charge in [0.05, 0.1) is 6.10 Å². The van der Waals surface area contributed by atoms with E-state index in [0.29, 0.717) is 11.2 Å². The number of hydrogen-bond donors (Lipinski definition) is 1. The molecule has 1 nitrogen and oxygen atoms in total. The summed E-state index contributed by atoms with van der Waals surface area (Å²) in [6, 6.07) is 8.62. The van der Waals surface area contributed by atoms with Gasteiger partial charge in [0.2, 0.25) is 0 Å². The van der Waals surface area contributed by atoms with E-state index in [1.807, 2.05) is 11.8 Å². The molecule has 0 spiro atoms. The van der Waals surface area contributed by atoms with Crippen LogP contribution >= 0.6 is 11.8 Å². The zero-order valence-corrected chi connectivity index (χ0v) is 11.7. The standard InChI is InChI=1S/C16H22OS/c17-16(12-7-3-1-2-4-8-12)15-11-13-9-5-6-10-14(13)18-15/h5-6,9-10,12,15-17H,1-4,7-8,11H2. The third kappa shape index (κ3) is 2.60. The fourth-order valence-electron chi connectivity index (χ4n) is 3.36. The SMILES string of the molecule is OC(C1CCCCCC1)C1Cc2ccccc2S1. The fraction of sp³-hybridized carbons (Fsp3) is 0.625. The minimum atomic E-state index is -0.111.